The Morgan fingerprint density at radius 1 is 2.00 bits per heavy atom. The number of hydrogen-bond acceptors (Lipinski definition) is 3. The molecule has 2 atom stereocenters. The lowest BCUT2D eigenvalue weighted by Crippen LogP contribution is -2.03. The van der Waals surface area contributed by atoms with Gasteiger partial charge in [-0.1, -0.05) is 11.1 Å². The second-order valence-electron chi connectivity index (χ2n) is 1.50. The fourth-order valence-electron chi connectivity index (χ4n) is 0.241. The van der Waals surface area contributed by atoms with Crippen LogP contribution in [0.15, 0.2) is 0 Å². The van der Waals surface area contributed by atoms with Gasteiger partial charge in [-0.15, -0.1) is 0 Å². The predicted molar refractivity (Wildman–Crippen MR) is 28.6 cm³/mol. The maximum absolute atomic E-state index is 9.82. The van der Waals surface area contributed by atoms with Crippen LogP contribution in [0.5, 0.6) is 0 Å². The van der Waals surface area contributed by atoms with Crippen LogP contribution in [-0.2, 0) is 11.1 Å². The van der Waals surface area contributed by atoms with Crippen LogP contribution in [0.25, 0.3) is 0 Å². The highest BCUT2D eigenvalue weighted by molar-refractivity contribution is 7.79. The molecule has 0 aliphatic heterocycles. The Bertz CT molecular complexity index is 128. The molecule has 0 amide bonds. The Balaban J connectivity index is 3.43. The van der Waals surface area contributed by atoms with E-state index in [0.29, 0.717) is 0 Å². The summed E-state index contributed by atoms with van der Waals surface area (Å²) in [6, 6.07) is 1.80. The quantitative estimate of drug-likeness (QED) is 0.498. The molecule has 0 heterocycles. The molecule has 0 aromatic rings. The van der Waals surface area contributed by atoms with E-state index in [4.69, 9.17) is 5.26 Å². The number of rotatable bonds is 2. The minimum atomic E-state index is -2.07. The monoisotopic (exact) mass is 132 g/mol. The van der Waals surface area contributed by atoms with Gasteiger partial charge in [0.1, 0.15) is 0 Å². The van der Waals surface area contributed by atoms with Crippen molar-refractivity contribution in [1.82, 2.24) is 0 Å². The lowest BCUT2D eigenvalue weighted by molar-refractivity contribution is 0.531. The first kappa shape index (κ1) is 7.60. The SMILES string of the molecule is CC(C#N)CS(=O)[O-]. The summed E-state index contributed by atoms with van der Waals surface area (Å²) in [5.41, 5.74) is 0. The molecule has 0 spiro atoms. The molecule has 0 aromatic heterocycles. The zero-order chi connectivity index (χ0) is 6.57. The van der Waals surface area contributed by atoms with Crippen LogP contribution in [0, 0.1) is 17.2 Å². The third-order valence-corrected chi connectivity index (χ3v) is 1.38. The number of nitriles is 1. The molecule has 8 heavy (non-hydrogen) atoms. The maximum Gasteiger partial charge on any atom is 0.0662 e. The summed E-state index contributed by atoms with van der Waals surface area (Å²) in [6.45, 7) is 1.57. The Kier molecular flexibility index (Phi) is 3.40. The van der Waals surface area contributed by atoms with Crippen LogP contribution in [0.3, 0.4) is 0 Å². The third-order valence-electron chi connectivity index (χ3n) is 0.606. The van der Waals surface area contributed by atoms with Crippen molar-refractivity contribution in [3.63, 3.8) is 0 Å². The second kappa shape index (κ2) is 3.58. The first-order valence-electron chi connectivity index (χ1n) is 2.12. The lowest BCUT2D eigenvalue weighted by atomic mass is 10.3. The standard InChI is InChI=1S/C4H7NO2S/c1-4(2-5)3-8(6)7/h4H,3H2,1H3,(H,6,7)/p-1. The van der Waals surface area contributed by atoms with Gasteiger partial charge in [0.15, 0.2) is 0 Å². The van der Waals surface area contributed by atoms with Gasteiger partial charge in [-0.25, -0.2) is 0 Å². The van der Waals surface area contributed by atoms with Crippen LogP contribution in [0.1, 0.15) is 6.92 Å². The molecule has 0 saturated heterocycles. The molecule has 0 rings (SSSR count). The van der Waals surface area contributed by atoms with Crippen molar-refractivity contribution in [2.45, 2.75) is 6.92 Å². The fraction of sp³-hybridized carbons (Fsp3) is 0.750. The van der Waals surface area contributed by atoms with Gasteiger partial charge in [0.05, 0.1) is 12.0 Å². The van der Waals surface area contributed by atoms with Crippen molar-refractivity contribution in [2.75, 3.05) is 5.75 Å². The predicted octanol–water partition coefficient (Wildman–Crippen LogP) is 0.0252. The number of hydrogen-bond donors (Lipinski definition) is 0. The molecule has 0 aliphatic carbocycles. The Morgan fingerprint density at radius 2 is 2.50 bits per heavy atom. The van der Waals surface area contributed by atoms with Gasteiger partial charge in [-0.2, -0.15) is 5.26 Å². The van der Waals surface area contributed by atoms with Crippen molar-refractivity contribution in [3.05, 3.63) is 0 Å². The van der Waals surface area contributed by atoms with Crippen molar-refractivity contribution >= 4 is 11.1 Å². The molecule has 0 bridgehead atoms. The summed E-state index contributed by atoms with van der Waals surface area (Å²) in [5.74, 6) is -0.440. The van der Waals surface area contributed by atoms with E-state index < -0.39 is 11.1 Å². The average Bonchev–Trinajstić information content (AvgIpc) is 1.65. The highest BCUT2D eigenvalue weighted by Crippen LogP contribution is 1.91. The smallest absolute Gasteiger partial charge is 0.0662 e. The van der Waals surface area contributed by atoms with Crippen LogP contribution in [-0.4, -0.2) is 14.5 Å². The zero-order valence-corrected chi connectivity index (χ0v) is 5.27. The Morgan fingerprint density at radius 3 is 2.62 bits per heavy atom. The molecule has 46 valence electrons. The van der Waals surface area contributed by atoms with E-state index >= 15 is 0 Å². The van der Waals surface area contributed by atoms with Crippen LogP contribution < -0.4 is 0 Å². The average molecular weight is 132 g/mol. The van der Waals surface area contributed by atoms with E-state index in [1.807, 2.05) is 0 Å². The lowest BCUT2D eigenvalue weighted by Gasteiger charge is -2.03. The first-order chi connectivity index (χ1) is 3.66. The molecule has 4 heteroatoms. The second-order valence-corrected chi connectivity index (χ2v) is 2.44. The first-order valence-corrected chi connectivity index (χ1v) is 3.36. The van der Waals surface area contributed by atoms with E-state index in [2.05, 4.69) is 0 Å². The van der Waals surface area contributed by atoms with E-state index in [1.54, 1.807) is 13.0 Å². The minimum absolute atomic E-state index is 0.0590. The molecule has 2 unspecified atom stereocenters. The van der Waals surface area contributed by atoms with Gasteiger partial charge in [0.25, 0.3) is 0 Å². The van der Waals surface area contributed by atoms with E-state index in [1.165, 1.54) is 0 Å². The molecule has 0 radical (unpaired) electrons. The highest BCUT2D eigenvalue weighted by atomic mass is 32.2. The van der Waals surface area contributed by atoms with E-state index in [0.717, 1.165) is 0 Å². The molecule has 0 N–H and O–H groups in total. The molecular formula is C4H6NO2S-. The molecule has 0 aliphatic rings. The van der Waals surface area contributed by atoms with Gasteiger partial charge < -0.3 is 4.55 Å². The van der Waals surface area contributed by atoms with Gasteiger partial charge in [-0.3, -0.25) is 4.21 Å². The largest absolute Gasteiger partial charge is 0.772 e. The normalized spacial score (nSPS) is 16.6. The van der Waals surface area contributed by atoms with Crippen molar-refractivity contribution < 1.29 is 8.76 Å². The third kappa shape index (κ3) is 3.78. The zero-order valence-electron chi connectivity index (χ0n) is 4.46. The Hall–Kier alpha value is -0.400. The van der Waals surface area contributed by atoms with E-state index in [-0.39, 0.29) is 11.7 Å². The topological polar surface area (TPSA) is 63.9 Å². The van der Waals surface area contributed by atoms with Crippen molar-refractivity contribution in [2.24, 2.45) is 5.92 Å². The van der Waals surface area contributed by atoms with E-state index in [9.17, 15) is 8.76 Å². The van der Waals surface area contributed by atoms with Gasteiger partial charge in [-0.05, 0) is 6.92 Å². The summed E-state index contributed by atoms with van der Waals surface area (Å²) in [7, 11) is 0. The summed E-state index contributed by atoms with van der Waals surface area (Å²) in [5, 5.41) is 8.06. The summed E-state index contributed by atoms with van der Waals surface area (Å²) >= 11 is -2.07. The number of nitrogens with zero attached hydrogens (tertiary/aromatic N) is 1. The van der Waals surface area contributed by atoms with Crippen molar-refractivity contribution in [1.29, 1.82) is 5.26 Å². The Labute approximate surface area is 50.6 Å². The molecule has 0 fully saturated rings. The molecule has 3 nitrogen and oxygen atoms in total. The van der Waals surface area contributed by atoms with Crippen LogP contribution >= 0.6 is 0 Å². The molecule has 0 saturated carbocycles. The van der Waals surface area contributed by atoms with Crippen molar-refractivity contribution in [3.8, 4) is 6.07 Å². The maximum atomic E-state index is 9.82. The van der Waals surface area contributed by atoms with Gasteiger partial charge in [0.2, 0.25) is 0 Å². The highest BCUT2D eigenvalue weighted by Gasteiger charge is 1.95. The van der Waals surface area contributed by atoms with Gasteiger partial charge in [0, 0.05) is 5.75 Å². The summed E-state index contributed by atoms with van der Waals surface area (Å²) in [6.07, 6.45) is 0. The van der Waals surface area contributed by atoms with Crippen LogP contribution in [0.4, 0.5) is 0 Å². The van der Waals surface area contributed by atoms with Gasteiger partial charge >= 0.3 is 0 Å². The minimum Gasteiger partial charge on any atom is -0.772 e. The molecular weight excluding hydrogens is 126 g/mol. The summed E-state index contributed by atoms with van der Waals surface area (Å²) in [4.78, 5) is 0. The summed E-state index contributed by atoms with van der Waals surface area (Å²) < 4.78 is 19.6. The van der Waals surface area contributed by atoms with Crippen LogP contribution in [0.2, 0.25) is 0 Å². The fourth-order valence-corrected chi connectivity index (χ4v) is 0.724. The molecule has 0 aromatic carbocycles.